The van der Waals surface area contributed by atoms with Gasteiger partial charge in [0.05, 0.1) is 6.04 Å². The highest BCUT2D eigenvalue weighted by Crippen LogP contribution is 2.42. The number of hydrogen-bond acceptors (Lipinski definition) is 2. The number of halogens is 1. The average molecular weight is 343 g/mol. The minimum Gasteiger partial charge on any atom is -0.357 e. The highest BCUT2D eigenvalue weighted by molar-refractivity contribution is 7.12. The first kappa shape index (κ1) is 14.1. The van der Waals surface area contributed by atoms with Crippen LogP contribution < -0.4 is 0 Å². The Labute approximate surface area is 145 Å². The topological polar surface area (TPSA) is 19.0 Å². The summed E-state index contributed by atoms with van der Waals surface area (Å²) in [6.07, 6.45) is 3.30. The quantitative estimate of drug-likeness (QED) is 0.671. The summed E-state index contributed by atoms with van der Waals surface area (Å²) < 4.78 is 0. The van der Waals surface area contributed by atoms with Crippen molar-refractivity contribution in [3.05, 3.63) is 56.9 Å². The molecule has 5 rings (SSSR count). The fraction of sp³-hybridized carbons (Fsp3) is 0.368. The second kappa shape index (κ2) is 5.37. The van der Waals surface area contributed by atoms with Gasteiger partial charge >= 0.3 is 0 Å². The molecule has 0 saturated carbocycles. The molecule has 0 aliphatic carbocycles. The number of aromatic amines is 1. The van der Waals surface area contributed by atoms with Crippen LogP contribution in [0.1, 0.15) is 32.6 Å². The summed E-state index contributed by atoms with van der Waals surface area (Å²) in [6, 6.07) is 11.6. The Morgan fingerprint density at radius 3 is 3.13 bits per heavy atom. The molecule has 1 N–H and O–H groups in total. The summed E-state index contributed by atoms with van der Waals surface area (Å²) in [5.74, 6) is 0.721. The standard InChI is InChI=1S/C19H19ClN2S/c20-7-5-13-9-12-11-22-8-6-15-14-3-1-2-4-16(14)21-19(15)17(22)10-18(12)23-13/h1-4,9,17,21H,5-8,10-11H2/t17-/m0/s1. The van der Waals surface area contributed by atoms with E-state index in [0.717, 1.165) is 31.7 Å². The van der Waals surface area contributed by atoms with E-state index in [1.54, 1.807) is 10.4 Å². The number of fused-ring (bicyclic) bond motifs is 6. The molecule has 4 heterocycles. The number of nitrogens with one attached hydrogen (secondary N) is 1. The maximum absolute atomic E-state index is 5.92. The number of alkyl halides is 1. The molecular weight excluding hydrogens is 324 g/mol. The molecule has 2 nitrogen and oxygen atoms in total. The average Bonchev–Trinajstić information content (AvgIpc) is 3.13. The lowest BCUT2D eigenvalue weighted by Crippen LogP contribution is -2.38. The zero-order chi connectivity index (χ0) is 15.4. The first-order valence-corrected chi connectivity index (χ1v) is 9.68. The summed E-state index contributed by atoms with van der Waals surface area (Å²) in [5, 5.41) is 1.42. The molecule has 2 aromatic heterocycles. The third kappa shape index (κ3) is 2.18. The lowest BCUT2D eigenvalue weighted by Gasteiger charge is -2.39. The molecule has 0 saturated heterocycles. The van der Waals surface area contributed by atoms with Gasteiger partial charge in [-0.1, -0.05) is 18.2 Å². The highest BCUT2D eigenvalue weighted by atomic mass is 35.5. The van der Waals surface area contributed by atoms with Crippen LogP contribution in [0.3, 0.4) is 0 Å². The van der Waals surface area contributed by atoms with Crippen LogP contribution in [0, 0.1) is 0 Å². The van der Waals surface area contributed by atoms with Crippen LogP contribution in [0.4, 0.5) is 0 Å². The number of para-hydroxylation sites is 1. The Kier molecular flexibility index (Phi) is 3.29. The minimum atomic E-state index is 0.515. The Hall–Kier alpha value is -1.29. The number of rotatable bonds is 2. The van der Waals surface area contributed by atoms with E-state index < -0.39 is 0 Å². The van der Waals surface area contributed by atoms with E-state index in [-0.39, 0.29) is 0 Å². The molecule has 4 heteroatoms. The number of hydrogen-bond donors (Lipinski definition) is 1. The maximum atomic E-state index is 5.92. The zero-order valence-electron chi connectivity index (χ0n) is 12.9. The van der Waals surface area contributed by atoms with Gasteiger partial charge in [-0.25, -0.2) is 0 Å². The van der Waals surface area contributed by atoms with Crippen LogP contribution in [0.2, 0.25) is 0 Å². The first-order chi connectivity index (χ1) is 11.3. The zero-order valence-corrected chi connectivity index (χ0v) is 14.5. The van der Waals surface area contributed by atoms with Crippen molar-refractivity contribution in [3.63, 3.8) is 0 Å². The predicted octanol–water partition coefficient (Wildman–Crippen LogP) is 4.67. The van der Waals surface area contributed by atoms with E-state index in [9.17, 15) is 0 Å². The van der Waals surface area contributed by atoms with Gasteiger partial charge < -0.3 is 4.98 Å². The number of H-pyrrole nitrogens is 1. The first-order valence-electron chi connectivity index (χ1n) is 8.33. The van der Waals surface area contributed by atoms with Crippen molar-refractivity contribution < 1.29 is 0 Å². The second-order valence-corrected chi connectivity index (χ2v) is 8.20. The van der Waals surface area contributed by atoms with E-state index in [2.05, 4.69) is 40.2 Å². The SMILES string of the molecule is ClCCc1cc2c(s1)C[C@H]1c3[nH]c4ccccc4c3CCN1C2. The lowest BCUT2D eigenvalue weighted by molar-refractivity contribution is 0.160. The molecule has 23 heavy (non-hydrogen) atoms. The Balaban J connectivity index is 1.57. The fourth-order valence-corrected chi connectivity index (χ4v) is 5.77. The van der Waals surface area contributed by atoms with Crippen LogP contribution >= 0.6 is 22.9 Å². The largest absolute Gasteiger partial charge is 0.357 e. The minimum absolute atomic E-state index is 0.515. The molecular formula is C19H19ClN2S. The van der Waals surface area contributed by atoms with E-state index in [0.29, 0.717) is 6.04 Å². The summed E-state index contributed by atoms with van der Waals surface area (Å²) in [4.78, 5) is 9.38. The Bertz CT molecular complexity index is 879. The lowest BCUT2D eigenvalue weighted by atomic mass is 9.91. The van der Waals surface area contributed by atoms with Crippen LogP contribution in [-0.4, -0.2) is 22.3 Å². The molecule has 2 aliphatic rings. The van der Waals surface area contributed by atoms with Crippen LogP contribution in [0.5, 0.6) is 0 Å². The van der Waals surface area contributed by atoms with Crippen molar-refractivity contribution >= 4 is 33.8 Å². The van der Waals surface area contributed by atoms with Gasteiger partial charge in [0.25, 0.3) is 0 Å². The van der Waals surface area contributed by atoms with Crippen molar-refractivity contribution in [2.24, 2.45) is 0 Å². The maximum Gasteiger partial charge on any atom is 0.0553 e. The van der Waals surface area contributed by atoms with Crippen molar-refractivity contribution in [1.29, 1.82) is 0 Å². The van der Waals surface area contributed by atoms with Gasteiger partial charge in [0.15, 0.2) is 0 Å². The molecule has 3 aromatic rings. The van der Waals surface area contributed by atoms with Gasteiger partial charge in [0, 0.05) is 51.7 Å². The molecule has 0 fully saturated rings. The summed E-state index contributed by atoms with van der Waals surface area (Å²) in [7, 11) is 0. The van der Waals surface area contributed by atoms with E-state index >= 15 is 0 Å². The normalized spacial score (nSPS) is 20.3. The second-order valence-electron chi connectivity index (χ2n) is 6.60. The van der Waals surface area contributed by atoms with E-state index in [1.807, 2.05) is 11.3 Å². The summed E-state index contributed by atoms with van der Waals surface area (Å²) in [6.45, 7) is 2.26. The Morgan fingerprint density at radius 2 is 2.22 bits per heavy atom. The van der Waals surface area contributed by atoms with E-state index in [1.165, 1.54) is 33.6 Å². The van der Waals surface area contributed by atoms with Crippen LogP contribution in [-0.2, 0) is 25.8 Å². The number of thiophene rings is 1. The fourth-order valence-electron chi connectivity index (χ4n) is 4.23. The molecule has 0 unspecified atom stereocenters. The molecule has 118 valence electrons. The van der Waals surface area contributed by atoms with Gasteiger partial charge in [-0.2, -0.15) is 0 Å². The number of aromatic nitrogens is 1. The van der Waals surface area contributed by atoms with Crippen molar-refractivity contribution in [2.75, 3.05) is 12.4 Å². The van der Waals surface area contributed by atoms with Gasteiger partial charge in [-0.3, -0.25) is 4.90 Å². The molecule has 0 spiro atoms. The number of aryl methyl sites for hydroxylation is 1. The van der Waals surface area contributed by atoms with Crippen molar-refractivity contribution in [3.8, 4) is 0 Å². The van der Waals surface area contributed by atoms with Gasteiger partial charge in [0.2, 0.25) is 0 Å². The molecule has 0 radical (unpaired) electrons. The van der Waals surface area contributed by atoms with E-state index in [4.69, 9.17) is 11.6 Å². The summed E-state index contributed by atoms with van der Waals surface area (Å²) >= 11 is 7.90. The highest BCUT2D eigenvalue weighted by Gasteiger charge is 2.34. The van der Waals surface area contributed by atoms with Crippen LogP contribution in [0.15, 0.2) is 30.3 Å². The molecule has 2 aliphatic heterocycles. The van der Waals surface area contributed by atoms with Crippen molar-refractivity contribution in [1.82, 2.24) is 9.88 Å². The third-order valence-electron chi connectivity index (χ3n) is 5.31. The monoisotopic (exact) mass is 342 g/mol. The smallest absolute Gasteiger partial charge is 0.0553 e. The molecule has 1 atom stereocenters. The summed E-state index contributed by atoms with van der Waals surface area (Å²) in [5.41, 5.74) is 5.82. The van der Waals surface area contributed by atoms with Gasteiger partial charge in [0.1, 0.15) is 0 Å². The van der Waals surface area contributed by atoms with Gasteiger partial charge in [-0.15, -0.1) is 22.9 Å². The number of nitrogens with zero attached hydrogens (tertiary/aromatic N) is 1. The van der Waals surface area contributed by atoms with Crippen molar-refractivity contribution in [2.45, 2.75) is 31.8 Å². The molecule has 0 bridgehead atoms. The van der Waals surface area contributed by atoms with Crippen LogP contribution in [0.25, 0.3) is 10.9 Å². The van der Waals surface area contributed by atoms with Gasteiger partial charge in [-0.05, 0) is 36.1 Å². The third-order valence-corrected chi connectivity index (χ3v) is 6.76. The number of benzene rings is 1. The predicted molar refractivity (Wildman–Crippen MR) is 97.6 cm³/mol. The molecule has 1 aromatic carbocycles. The molecule has 0 amide bonds. The Morgan fingerprint density at radius 1 is 1.30 bits per heavy atom.